The van der Waals surface area contributed by atoms with Crippen molar-refractivity contribution in [2.45, 2.75) is 102 Å². The summed E-state index contributed by atoms with van der Waals surface area (Å²) in [6.45, 7) is 5.38. The predicted octanol–water partition coefficient (Wildman–Crippen LogP) is -0.335. The van der Waals surface area contributed by atoms with E-state index in [9.17, 15) is 63.9 Å². The Morgan fingerprint density at radius 3 is 0.812 bits per heavy atom. The molecule has 4 unspecified atom stereocenters. The molecule has 0 aliphatic heterocycles. The number of rotatable bonds is 23. The fourth-order valence-corrected chi connectivity index (χ4v) is 6.63. The van der Waals surface area contributed by atoms with Gasteiger partial charge in [-0.2, -0.15) is 0 Å². The minimum atomic E-state index is -1.41. The van der Waals surface area contributed by atoms with E-state index in [-0.39, 0.29) is 48.7 Å². The average molecular weight is 955 g/mol. The average Bonchev–Trinajstić information content (AvgIpc) is 3.30. The van der Waals surface area contributed by atoms with Crippen LogP contribution >= 0.6 is 0 Å². The molecule has 0 spiro atoms. The molecule has 368 valence electrons. The van der Waals surface area contributed by atoms with Crippen molar-refractivity contribution in [3.05, 3.63) is 119 Å². The standard InChI is InChI=1S/C48H58N8O13/c1-25(49)41(61)53-37(21-29-5-13-33(57)14-6-29)45(65)50-26(2)42(62)54-38(22-30-7-15-34(58)16-8-30)46(66)51-27(3)43(63)55-39(23-31-9-17-35(59)18-10-31)47(67)52-28(4)44(64)56-40(48(68)69)24-32-11-19-36(60)20-12-32/h5-20,25-28,37-40,57-60H,21-24,49H2,1-4H3,(H,50,65)(H,51,66)(H,52,67)(H,53,61)(H,54,62)(H,55,63)(H,56,64)(H,68,69)/t25-,26-,27-,28-,37?,38?,39?,40?/m0/s1. The van der Waals surface area contributed by atoms with Crippen LogP contribution in [0.25, 0.3) is 0 Å². The summed E-state index contributed by atoms with van der Waals surface area (Å²) in [5.41, 5.74) is 7.74. The van der Waals surface area contributed by atoms with Gasteiger partial charge in [-0.1, -0.05) is 48.5 Å². The number of nitrogens with one attached hydrogen (secondary N) is 7. The molecule has 69 heavy (non-hydrogen) atoms. The second kappa shape index (κ2) is 25.1. The summed E-state index contributed by atoms with van der Waals surface area (Å²) < 4.78 is 0. The van der Waals surface area contributed by atoms with Gasteiger partial charge in [-0.3, -0.25) is 33.6 Å². The molecule has 0 aromatic heterocycles. The van der Waals surface area contributed by atoms with E-state index in [0.29, 0.717) is 22.3 Å². The number of aliphatic carboxylic acids is 1. The lowest BCUT2D eigenvalue weighted by Crippen LogP contribution is -2.59. The quantitative estimate of drug-likeness (QED) is 0.0453. The number of phenolic OH excluding ortho intramolecular Hbond substituents is 4. The van der Waals surface area contributed by atoms with E-state index in [0.717, 1.165) is 0 Å². The van der Waals surface area contributed by atoms with E-state index >= 15 is 0 Å². The molecule has 0 bridgehead atoms. The van der Waals surface area contributed by atoms with E-state index < -0.39 is 95.7 Å². The molecule has 4 aromatic rings. The van der Waals surface area contributed by atoms with Crippen LogP contribution in [0, 0.1) is 0 Å². The highest BCUT2D eigenvalue weighted by Gasteiger charge is 2.32. The lowest BCUT2D eigenvalue weighted by atomic mass is 10.0. The second-order valence-corrected chi connectivity index (χ2v) is 16.5. The number of benzene rings is 4. The second-order valence-electron chi connectivity index (χ2n) is 16.5. The van der Waals surface area contributed by atoms with Crippen LogP contribution in [-0.4, -0.2) is 121 Å². The molecule has 0 aliphatic carbocycles. The summed E-state index contributed by atoms with van der Waals surface area (Å²) in [4.78, 5) is 106. The molecule has 0 fully saturated rings. The third-order valence-electron chi connectivity index (χ3n) is 10.7. The van der Waals surface area contributed by atoms with Gasteiger partial charge in [0.2, 0.25) is 41.4 Å². The summed E-state index contributed by atoms with van der Waals surface area (Å²) in [5, 5.41) is 66.4. The number of hydrogen-bond acceptors (Lipinski definition) is 13. The predicted molar refractivity (Wildman–Crippen MR) is 249 cm³/mol. The molecule has 4 rings (SSSR count). The van der Waals surface area contributed by atoms with E-state index in [2.05, 4.69) is 37.2 Å². The third kappa shape index (κ3) is 17.2. The smallest absolute Gasteiger partial charge is 0.326 e. The summed E-state index contributed by atoms with van der Waals surface area (Å²) in [6, 6.07) is 12.7. The fraction of sp³-hybridized carbons (Fsp3) is 0.333. The molecule has 21 heteroatoms. The molecule has 4 aromatic carbocycles. The van der Waals surface area contributed by atoms with Gasteiger partial charge in [0.15, 0.2) is 0 Å². The number of nitrogens with two attached hydrogens (primary N) is 1. The van der Waals surface area contributed by atoms with E-state index in [1.165, 1.54) is 113 Å². The van der Waals surface area contributed by atoms with Gasteiger partial charge in [-0.15, -0.1) is 0 Å². The zero-order valence-corrected chi connectivity index (χ0v) is 38.3. The van der Waals surface area contributed by atoms with Gasteiger partial charge < -0.3 is 68.5 Å². The highest BCUT2D eigenvalue weighted by Crippen LogP contribution is 2.16. The van der Waals surface area contributed by atoms with Crippen molar-refractivity contribution in [1.29, 1.82) is 0 Å². The molecule has 21 nitrogen and oxygen atoms in total. The van der Waals surface area contributed by atoms with Crippen LogP contribution in [0.5, 0.6) is 23.0 Å². The van der Waals surface area contributed by atoms with E-state index in [1.807, 2.05) is 0 Å². The summed E-state index contributed by atoms with van der Waals surface area (Å²) in [7, 11) is 0. The number of phenols is 4. The maximum absolute atomic E-state index is 13.9. The van der Waals surface area contributed by atoms with Crippen LogP contribution in [0.4, 0.5) is 0 Å². The lowest BCUT2D eigenvalue weighted by Gasteiger charge is -2.26. The van der Waals surface area contributed by atoms with Crippen LogP contribution in [0.15, 0.2) is 97.1 Å². The van der Waals surface area contributed by atoms with Crippen molar-refractivity contribution in [3.8, 4) is 23.0 Å². The molecule has 14 N–H and O–H groups in total. The Labute approximate surface area is 397 Å². The fourth-order valence-electron chi connectivity index (χ4n) is 6.63. The molecule has 0 aliphatic rings. The summed E-state index contributed by atoms with van der Waals surface area (Å²) in [6.07, 6.45) is -0.504. The Morgan fingerprint density at radius 2 is 0.580 bits per heavy atom. The zero-order chi connectivity index (χ0) is 50.9. The molecular formula is C48H58N8O13. The van der Waals surface area contributed by atoms with Crippen LogP contribution in [0.2, 0.25) is 0 Å². The Bertz CT molecular complexity index is 2430. The number of amides is 7. The molecular weight excluding hydrogens is 897 g/mol. The van der Waals surface area contributed by atoms with Crippen molar-refractivity contribution in [2.24, 2.45) is 5.73 Å². The Kier molecular flexibility index (Phi) is 19.4. The van der Waals surface area contributed by atoms with Crippen molar-refractivity contribution < 1.29 is 63.9 Å². The Hall–Kier alpha value is -8.20. The van der Waals surface area contributed by atoms with E-state index in [1.54, 1.807) is 12.1 Å². The molecule has 8 atom stereocenters. The van der Waals surface area contributed by atoms with Crippen LogP contribution in [-0.2, 0) is 64.0 Å². The lowest BCUT2D eigenvalue weighted by molar-refractivity contribution is -0.142. The summed E-state index contributed by atoms with van der Waals surface area (Å²) in [5.74, 6) is -7.25. The van der Waals surface area contributed by atoms with Crippen molar-refractivity contribution >= 4 is 47.3 Å². The maximum atomic E-state index is 13.9. The largest absolute Gasteiger partial charge is 0.508 e. The first-order valence-electron chi connectivity index (χ1n) is 21.8. The zero-order valence-electron chi connectivity index (χ0n) is 38.3. The monoisotopic (exact) mass is 954 g/mol. The van der Waals surface area contributed by atoms with Crippen molar-refractivity contribution in [1.82, 2.24) is 37.2 Å². The number of carbonyl (C=O) groups excluding carboxylic acids is 7. The number of aromatic hydroxyl groups is 4. The molecule has 0 saturated heterocycles. The van der Waals surface area contributed by atoms with Crippen LogP contribution in [0.3, 0.4) is 0 Å². The highest BCUT2D eigenvalue weighted by atomic mass is 16.4. The first-order chi connectivity index (χ1) is 32.6. The summed E-state index contributed by atoms with van der Waals surface area (Å²) >= 11 is 0. The number of carboxylic acids is 1. The number of carbonyl (C=O) groups is 8. The Morgan fingerprint density at radius 1 is 0.362 bits per heavy atom. The topological polar surface area (TPSA) is 348 Å². The molecule has 0 saturated carbocycles. The van der Waals surface area contributed by atoms with Gasteiger partial charge in [0, 0.05) is 25.7 Å². The van der Waals surface area contributed by atoms with Gasteiger partial charge in [0.05, 0.1) is 6.04 Å². The maximum Gasteiger partial charge on any atom is 0.326 e. The van der Waals surface area contributed by atoms with Gasteiger partial charge in [-0.05, 0) is 98.5 Å². The minimum absolute atomic E-state index is 0.0176. The van der Waals surface area contributed by atoms with Crippen LogP contribution in [0.1, 0.15) is 49.9 Å². The van der Waals surface area contributed by atoms with Crippen molar-refractivity contribution in [3.63, 3.8) is 0 Å². The highest BCUT2D eigenvalue weighted by molar-refractivity contribution is 5.97. The van der Waals surface area contributed by atoms with Gasteiger partial charge in [-0.25, -0.2) is 4.79 Å². The Balaban J connectivity index is 1.47. The molecule has 0 heterocycles. The SMILES string of the molecule is C[C@H](N)C(=O)NC(Cc1ccc(O)cc1)C(=O)N[C@@H](C)C(=O)NC(Cc1ccc(O)cc1)C(=O)N[C@@H](C)C(=O)NC(Cc1ccc(O)cc1)C(=O)N[C@@H](C)C(=O)NC(Cc1ccc(O)cc1)C(=O)O. The third-order valence-corrected chi connectivity index (χ3v) is 10.7. The van der Waals surface area contributed by atoms with Gasteiger partial charge >= 0.3 is 5.97 Å². The number of carboxylic acid groups (broad SMARTS) is 1. The van der Waals surface area contributed by atoms with Crippen molar-refractivity contribution in [2.75, 3.05) is 0 Å². The first kappa shape index (κ1) is 53.4. The van der Waals surface area contributed by atoms with Gasteiger partial charge in [0.25, 0.3) is 0 Å². The van der Waals surface area contributed by atoms with E-state index in [4.69, 9.17) is 5.73 Å². The number of hydrogen-bond donors (Lipinski definition) is 13. The molecule has 0 radical (unpaired) electrons. The normalized spacial score (nSPS) is 14.4. The minimum Gasteiger partial charge on any atom is -0.508 e. The molecule has 7 amide bonds. The van der Waals surface area contributed by atoms with Crippen LogP contribution < -0.4 is 43.0 Å². The first-order valence-corrected chi connectivity index (χ1v) is 21.8. The van der Waals surface area contributed by atoms with Gasteiger partial charge in [0.1, 0.15) is 65.3 Å².